The molecule has 0 aliphatic heterocycles. The number of carbonyl (C=O) groups is 1. The summed E-state index contributed by atoms with van der Waals surface area (Å²) in [5, 5.41) is 0. The number of hydrogen-bond donors (Lipinski definition) is 0. The molecule has 0 aromatic carbocycles. The second-order valence-corrected chi connectivity index (χ2v) is 4.80. The van der Waals surface area contributed by atoms with E-state index in [-0.39, 0.29) is 16.8 Å². The Balaban J connectivity index is 2.20. The quantitative estimate of drug-likeness (QED) is 0.589. The average molecular weight is 168 g/mol. The van der Waals surface area contributed by atoms with E-state index < -0.39 is 0 Å². The van der Waals surface area contributed by atoms with Gasteiger partial charge in [-0.05, 0) is 30.6 Å². The lowest BCUT2D eigenvalue weighted by atomic mass is 9.91. The molecule has 2 nitrogen and oxygen atoms in total. The maximum Gasteiger partial charge on any atom is 0.312 e. The summed E-state index contributed by atoms with van der Waals surface area (Å²) < 4.78 is 4.88. The van der Waals surface area contributed by atoms with E-state index in [1.165, 1.54) is 20.0 Å². The molecule has 0 N–H and O–H groups in total. The Labute approximate surface area is 73.3 Å². The number of ether oxygens (including phenoxy) is 1. The molecule has 0 spiro atoms. The maximum atomic E-state index is 11.6. The highest BCUT2D eigenvalue weighted by atomic mass is 16.5. The largest absolute Gasteiger partial charge is 0.469 e. The summed E-state index contributed by atoms with van der Waals surface area (Å²) in [6.07, 6.45) is 3.47. The summed E-state index contributed by atoms with van der Waals surface area (Å²) >= 11 is 0. The van der Waals surface area contributed by atoms with Crippen LogP contribution in [-0.4, -0.2) is 13.1 Å². The van der Waals surface area contributed by atoms with Gasteiger partial charge in [0.25, 0.3) is 0 Å². The van der Waals surface area contributed by atoms with Crippen LogP contribution in [0.3, 0.4) is 0 Å². The van der Waals surface area contributed by atoms with Crippen LogP contribution in [0.15, 0.2) is 0 Å². The molecular formula is C10H16O2. The van der Waals surface area contributed by atoms with Gasteiger partial charge in [-0.3, -0.25) is 4.79 Å². The van der Waals surface area contributed by atoms with Crippen LogP contribution in [-0.2, 0) is 9.53 Å². The molecule has 0 saturated heterocycles. The Morgan fingerprint density at radius 3 is 2.17 bits per heavy atom. The van der Waals surface area contributed by atoms with E-state index in [1.54, 1.807) is 0 Å². The second kappa shape index (κ2) is 2.04. The Hall–Kier alpha value is -0.530. The predicted molar refractivity (Wildman–Crippen MR) is 45.6 cm³/mol. The molecule has 2 fully saturated rings. The average Bonchev–Trinajstić information content (AvgIpc) is 2.83. The van der Waals surface area contributed by atoms with Gasteiger partial charge in [0.15, 0.2) is 0 Å². The molecule has 0 bridgehead atoms. The lowest BCUT2D eigenvalue weighted by Crippen LogP contribution is -2.24. The predicted octanol–water partition coefficient (Wildman–Crippen LogP) is 1.99. The summed E-state index contributed by atoms with van der Waals surface area (Å²) in [4.78, 5) is 11.6. The second-order valence-electron chi connectivity index (χ2n) is 4.80. The molecule has 68 valence electrons. The van der Waals surface area contributed by atoms with Crippen LogP contribution in [0, 0.1) is 16.7 Å². The van der Waals surface area contributed by atoms with Crippen LogP contribution in [0.4, 0.5) is 0 Å². The van der Waals surface area contributed by atoms with E-state index in [2.05, 4.69) is 13.8 Å². The highest BCUT2D eigenvalue weighted by molar-refractivity contribution is 5.82. The molecule has 1 atom stereocenters. The summed E-state index contributed by atoms with van der Waals surface area (Å²) in [5.41, 5.74) is 0.100. The van der Waals surface area contributed by atoms with Crippen molar-refractivity contribution >= 4 is 5.97 Å². The van der Waals surface area contributed by atoms with Gasteiger partial charge in [0.2, 0.25) is 0 Å². The van der Waals surface area contributed by atoms with Crippen molar-refractivity contribution in [1.29, 1.82) is 0 Å². The highest BCUT2D eigenvalue weighted by Gasteiger charge is 2.72. The van der Waals surface area contributed by atoms with Crippen molar-refractivity contribution in [2.45, 2.75) is 33.1 Å². The van der Waals surface area contributed by atoms with Crippen molar-refractivity contribution in [3.05, 3.63) is 0 Å². The third-order valence-electron chi connectivity index (χ3n) is 3.63. The third-order valence-corrected chi connectivity index (χ3v) is 3.63. The summed E-state index contributed by atoms with van der Waals surface area (Å²) in [5.74, 6) is 0.648. The summed E-state index contributed by atoms with van der Waals surface area (Å²) in [6, 6.07) is 0. The van der Waals surface area contributed by atoms with Gasteiger partial charge in [-0.25, -0.2) is 0 Å². The number of rotatable bonds is 2. The van der Waals surface area contributed by atoms with Crippen molar-refractivity contribution < 1.29 is 9.53 Å². The normalized spacial score (nSPS) is 37.6. The first-order valence-corrected chi connectivity index (χ1v) is 4.63. The van der Waals surface area contributed by atoms with Gasteiger partial charge in [-0.15, -0.1) is 0 Å². The van der Waals surface area contributed by atoms with Crippen molar-refractivity contribution in [1.82, 2.24) is 0 Å². The van der Waals surface area contributed by atoms with Gasteiger partial charge >= 0.3 is 5.97 Å². The molecule has 2 aliphatic rings. The fourth-order valence-electron chi connectivity index (χ4n) is 2.62. The lowest BCUT2D eigenvalue weighted by molar-refractivity contribution is -0.149. The number of carbonyl (C=O) groups excluding carboxylic acids is 1. The van der Waals surface area contributed by atoms with Crippen LogP contribution < -0.4 is 0 Å². The first-order valence-electron chi connectivity index (χ1n) is 4.63. The smallest absolute Gasteiger partial charge is 0.312 e. The van der Waals surface area contributed by atoms with Crippen LogP contribution >= 0.6 is 0 Å². The maximum absolute atomic E-state index is 11.6. The SMILES string of the molecule is COC(=O)C1(C2CC2)CC1(C)C. The van der Waals surface area contributed by atoms with Crippen LogP contribution in [0.5, 0.6) is 0 Å². The molecule has 0 aromatic rings. The monoisotopic (exact) mass is 168 g/mol. The topological polar surface area (TPSA) is 26.3 Å². The zero-order valence-corrected chi connectivity index (χ0v) is 8.02. The number of methoxy groups -OCH3 is 1. The van der Waals surface area contributed by atoms with E-state index in [4.69, 9.17) is 4.74 Å². The van der Waals surface area contributed by atoms with E-state index >= 15 is 0 Å². The van der Waals surface area contributed by atoms with E-state index in [1.807, 2.05) is 0 Å². The fourth-order valence-corrected chi connectivity index (χ4v) is 2.62. The zero-order valence-electron chi connectivity index (χ0n) is 8.02. The van der Waals surface area contributed by atoms with Gasteiger partial charge in [-0.2, -0.15) is 0 Å². The highest BCUT2D eigenvalue weighted by Crippen LogP contribution is 2.73. The van der Waals surface area contributed by atoms with E-state index in [0.29, 0.717) is 5.92 Å². The van der Waals surface area contributed by atoms with Gasteiger partial charge in [0.1, 0.15) is 0 Å². The molecule has 2 rings (SSSR count). The van der Waals surface area contributed by atoms with E-state index in [9.17, 15) is 4.79 Å². The van der Waals surface area contributed by atoms with Gasteiger partial charge in [0.05, 0.1) is 12.5 Å². The fraction of sp³-hybridized carbons (Fsp3) is 0.900. The summed E-state index contributed by atoms with van der Waals surface area (Å²) in [6.45, 7) is 4.34. The molecule has 2 heteroatoms. The third kappa shape index (κ3) is 0.782. The molecular weight excluding hydrogens is 152 g/mol. The Morgan fingerprint density at radius 2 is 1.92 bits per heavy atom. The van der Waals surface area contributed by atoms with Crippen LogP contribution in [0.1, 0.15) is 33.1 Å². The molecule has 1 unspecified atom stereocenters. The van der Waals surface area contributed by atoms with Gasteiger partial charge in [0, 0.05) is 0 Å². The minimum absolute atomic E-state index is 0.0231. The Morgan fingerprint density at radius 1 is 1.42 bits per heavy atom. The lowest BCUT2D eigenvalue weighted by Gasteiger charge is -2.16. The molecule has 0 amide bonds. The molecule has 2 aliphatic carbocycles. The molecule has 12 heavy (non-hydrogen) atoms. The first-order chi connectivity index (χ1) is 5.54. The van der Waals surface area contributed by atoms with Gasteiger partial charge < -0.3 is 4.74 Å². The van der Waals surface area contributed by atoms with E-state index in [0.717, 1.165) is 6.42 Å². The molecule has 2 saturated carbocycles. The molecule has 0 heterocycles. The Kier molecular flexibility index (Phi) is 1.37. The molecule has 0 aromatic heterocycles. The minimum atomic E-state index is -0.0955. The zero-order chi connectivity index (χ0) is 8.98. The molecule has 0 radical (unpaired) electrons. The van der Waals surface area contributed by atoms with Gasteiger partial charge in [-0.1, -0.05) is 13.8 Å². The van der Waals surface area contributed by atoms with Crippen LogP contribution in [0.2, 0.25) is 0 Å². The standard InChI is InChI=1S/C10H16O2/c1-9(2)6-10(9,7-4-5-7)8(11)12-3/h7H,4-6H2,1-3H3. The first kappa shape index (κ1) is 8.09. The van der Waals surface area contributed by atoms with Crippen LogP contribution in [0.25, 0.3) is 0 Å². The van der Waals surface area contributed by atoms with Crippen molar-refractivity contribution in [3.63, 3.8) is 0 Å². The number of hydrogen-bond acceptors (Lipinski definition) is 2. The Bertz CT molecular complexity index is 228. The number of esters is 1. The summed E-state index contributed by atoms with van der Waals surface area (Å²) in [7, 11) is 1.50. The van der Waals surface area contributed by atoms with Crippen molar-refractivity contribution in [3.8, 4) is 0 Å². The minimum Gasteiger partial charge on any atom is -0.469 e. The van der Waals surface area contributed by atoms with Crippen molar-refractivity contribution in [2.24, 2.45) is 16.7 Å². The van der Waals surface area contributed by atoms with Crippen molar-refractivity contribution in [2.75, 3.05) is 7.11 Å².